The molecule has 4 aromatic carbocycles. The van der Waals surface area contributed by atoms with Crippen LogP contribution >= 0.6 is 47.2 Å². The van der Waals surface area contributed by atoms with Crippen LogP contribution in [-0.2, 0) is 5.88 Å². The molecular formula is C36H53Cl4N7. The van der Waals surface area contributed by atoms with Crippen molar-refractivity contribution in [3.8, 4) is 22.3 Å². The van der Waals surface area contributed by atoms with Crippen LogP contribution in [0.4, 0.5) is 11.4 Å². The van der Waals surface area contributed by atoms with Crippen LogP contribution in [0.15, 0.2) is 97.1 Å². The number of hydrogen-bond donors (Lipinski definition) is 6. The van der Waals surface area contributed by atoms with E-state index in [0.29, 0.717) is 17.3 Å². The molecule has 0 unspecified atom stereocenters. The Morgan fingerprint density at radius 2 is 1.04 bits per heavy atom. The highest BCUT2D eigenvalue weighted by Crippen LogP contribution is 2.25. The Kier molecular flexibility index (Phi) is 36.1. The van der Waals surface area contributed by atoms with Crippen LogP contribution < -0.4 is 11.5 Å². The summed E-state index contributed by atoms with van der Waals surface area (Å²) in [5.74, 6) is 1.35. The number of rotatable bonds is 4. The average Bonchev–Trinajstić information content (AvgIpc) is 3.58. The highest BCUT2D eigenvalue weighted by molar-refractivity contribution is 6.68. The number of aromatic amines is 1. The van der Waals surface area contributed by atoms with Crippen LogP contribution in [0.2, 0.25) is 0 Å². The molecule has 47 heavy (non-hydrogen) atoms. The van der Waals surface area contributed by atoms with Gasteiger partial charge in [0.25, 0.3) is 0 Å². The van der Waals surface area contributed by atoms with E-state index in [1.807, 2.05) is 128 Å². The molecule has 0 aliphatic carbocycles. The molecule has 0 atom stereocenters. The quantitative estimate of drug-likeness (QED) is 0.0473. The van der Waals surface area contributed by atoms with Crippen LogP contribution in [0.25, 0.3) is 33.3 Å². The number of aromatic nitrogens is 2. The molecule has 0 spiro atoms. The molecule has 0 saturated heterocycles. The van der Waals surface area contributed by atoms with Gasteiger partial charge in [-0.2, -0.15) is 0 Å². The van der Waals surface area contributed by atoms with Crippen molar-refractivity contribution in [2.45, 2.75) is 61.3 Å². The van der Waals surface area contributed by atoms with Crippen molar-refractivity contribution in [1.82, 2.24) is 9.97 Å². The number of halogens is 4. The van der Waals surface area contributed by atoms with E-state index in [1.54, 1.807) is 0 Å². The van der Waals surface area contributed by atoms with Gasteiger partial charge in [0.15, 0.2) is 0 Å². The zero-order chi connectivity index (χ0) is 35.9. The van der Waals surface area contributed by atoms with Crippen molar-refractivity contribution in [2.75, 3.05) is 17.3 Å². The molecule has 5 aromatic rings. The van der Waals surface area contributed by atoms with Gasteiger partial charge >= 0.3 is 0 Å². The number of nitrogens with two attached hydrogens (primary N) is 2. The largest absolute Gasteiger partial charge is 0.397 e. The number of hydrogen-bond acceptors (Lipinski definition) is 6. The second-order valence-corrected chi connectivity index (χ2v) is 8.65. The van der Waals surface area contributed by atoms with E-state index in [2.05, 4.69) is 34.2 Å². The fraction of sp³-hybridized carbons (Fsp3) is 0.278. The lowest BCUT2D eigenvalue weighted by Crippen LogP contribution is -1.94. The standard InChI is InChI=1S/C14H11ClN2.C12H12N2.C2H3Cl2N.4C2H6.ClH.H2N2/c15-9-14-16-12-7-6-11(8-13(12)17-14)10-4-2-1-3-5-10;13-11-7-6-10(8-12(11)14)9-4-2-1-3-5-9;3-1-2(4)5;4*1-2;;1-2/h1-8H,9H2,(H,16,17);1-8H,13-14H2;5H,1H2;4*1-2H3;1H;1-2H. The summed E-state index contributed by atoms with van der Waals surface area (Å²) in [5, 5.41) is 6.37. The smallest absolute Gasteiger partial charge is 0.122 e. The Balaban J connectivity index is -0.000000278. The maximum atomic E-state index is 6.38. The lowest BCUT2D eigenvalue weighted by molar-refractivity contribution is 1.05. The van der Waals surface area contributed by atoms with E-state index < -0.39 is 0 Å². The summed E-state index contributed by atoms with van der Waals surface area (Å²) in [7, 11) is 0. The van der Waals surface area contributed by atoms with Crippen molar-refractivity contribution < 1.29 is 0 Å². The Morgan fingerprint density at radius 1 is 0.638 bits per heavy atom. The Bertz CT molecular complexity index is 1430. The first-order valence-corrected chi connectivity index (χ1v) is 16.7. The third-order valence-corrected chi connectivity index (χ3v) is 5.87. The third-order valence-electron chi connectivity index (χ3n) is 5.08. The molecule has 0 radical (unpaired) electrons. The van der Waals surface area contributed by atoms with Crippen LogP contribution in [0, 0.1) is 16.5 Å². The number of nitrogen functional groups attached to an aromatic ring is 2. The molecule has 1 heterocycles. The van der Waals surface area contributed by atoms with Gasteiger partial charge in [0.2, 0.25) is 0 Å². The fourth-order valence-electron chi connectivity index (χ4n) is 3.32. The molecule has 11 heteroatoms. The summed E-state index contributed by atoms with van der Waals surface area (Å²) in [6, 6.07) is 32.3. The highest BCUT2D eigenvalue weighted by Gasteiger charge is 2.04. The van der Waals surface area contributed by atoms with Crippen molar-refractivity contribution in [3.05, 3.63) is 103 Å². The summed E-state index contributed by atoms with van der Waals surface area (Å²) in [4.78, 5) is 7.59. The maximum absolute atomic E-state index is 6.38. The summed E-state index contributed by atoms with van der Waals surface area (Å²) >= 11 is 15.7. The number of nitrogens with one attached hydrogen (secondary N) is 4. The first-order chi connectivity index (χ1) is 22.4. The van der Waals surface area contributed by atoms with Gasteiger partial charge in [-0.1, -0.05) is 140 Å². The highest BCUT2D eigenvalue weighted by atomic mass is 35.5. The number of nitrogens with zero attached hydrogens (tertiary/aromatic N) is 1. The lowest BCUT2D eigenvalue weighted by atomic mass is 10.0. The number of imidazole rings is 1. The first kappa shape index (κ1) is 50.2. The number of benzene rings is 4. The number of alkyl halides is 2. The first-order valence-electron chi connectivity index (χ1n) is 15.3. The topological polar surface area (TPSA) is 152 Å². The van der Waals surface area contributed by atoms with E-state index in [9.17, 15) is 0 Å². The van der Waals surface area contributed by atoms with E-state index in [4.69, 9.17) is 62.7 Å². The second-order valence-electron chi connectivity index (χ2n) is 7.66. The molecule has 0 bridgehead atoms. The van der Waals surface area contributed by atoms with Crippen LogP contribution in [-0.4, -0.2) is 21.0 Å². The van der Waals surface area contributed by atoms with Gasteiger partial charge in [-0.05, 0) is 46.5 Å². The van der Waals surface area contributed by atoms with Crippen LogP contribution in [0.5, 0.6) is 0 Å². The second kappa shape index (κ2) is 33.7. The molecule has 0 fully saturated rings. The molecule has 0 amide bonds. The predicted octanol–water partition coefficient (Wildman–Crippen LogP) is 13.1. The maximum Gasteiger partial charge on any atom is 0.122 e. The fourth-order valence-corrected chi connectivity index (χ4v) is 3.45. The van der Waals surface area contributed by atoms with Crippen LogP contribution in [0.1, 0.15) is 61.2 Å². The van der Waals surface area contributed by atoms with Crippen molar-refractivity contribution >= 4 is 74.8 Å². The minimum atomic E-state index is -0.00772. The SMILES string of the molecule is CC.CC.CC.CC.Cl.ClCc1nc2ccc(-c3ccccc3)cc2[nH]1.N=C(Cl)CCl.N=N.Nc1ccc(-c2ccccc2)cc1N. The van der Waals surface area contributed by atoms with Gasteiger partial charge in [0, 0.05) is 0 Å². The van der Waals surface area contributed by atoms with Gasteiger partial charge in [0.1, 0.15) is 11.0 Å². The molecule has 0 aliphatic rings. The zero-order valence-electron chi connectivity index (χ0n) is 28.8. The molecule has 0 saturated carbocycles. The summed E-state index contributed by atoms with van der Waals surface area (Å²) in [6.45, 7) is 16.0. The van der Waals surface area contributed by atoms with Gasteiger partial charge in [0.05, 0.1) is 34.2 Å². The third kappa shape index (κ3) is 20.3. The molecular weight excluding hydrogens is 672 g/mol. The molecule has 1 aromatic heterocycles. The van der Waals surface area contributed by atoms with Crippen LogP contribution in [0.3, 0.4) is 0 Å². The van der Waals surface area contributed by atoms with E-state index in [-0.39, 0.29) is 23.5 Å². The monoisotopic (exact) mass is 723 g/mol. The van der Waals surface area contributed by atoms with Gasteiger partial charge in [-0.3, -0.25) is 5.41 Å². The normalized spacial score (nSPS) is 8.32. The summed E-state index contributed by atoms with van der Waals surface area (Å²) in [6.07, 6.45) is 0. The molecule has 7 nitrogen and oxygen atoms in total. The molecule has 5 rings (SSSR count). The minimum Gasteiger partial charge on any atom is -0.397 e. The van der Waals surface area contributed by atoms with Gasteiger partial charge in [-0.25, -0.2) is 16.0 Å². The Morgan fingerprint density at radius 3 is 1.43 bits per heavy atom. The predicted molar refractivity (Wildman–Crippen MR) is 214 cm³/mol. The number of fused-ring (bicyclic) bond motifs is 1. The Labute approximate surface area is 303 Å². The van der Waals surface area contributed by atoms with E-state index in [1.165, 1.54) is 11.1 Å². The van der Waals surface area contributed by atoms with Gasteiger partial charge in [-0.15, -0.1) is 35.6 Å². The molecule has 260 valence electrons. The van der Waals surface area contributed by atoms with Crippen molar-refractivity contribution in [2.24, 2.45) is 0 Å². The Hall–Kier alpha value is -3.62. The minimum absolute atomic E-state index is 0. The summed E-state index contributed by atoms with van der Waals surface area (Å²) < 4.78 is 0. The number of H-pyrrole nitrogens is 1. The molecule has 0 aliphatic heterocycles. The molecule has 8 N–H and O–H groups in total. The van der Waals surface area contributed by atoms with Crippen molar-refractivity contribution in [1.29, 1.82) is 16.5 Å². The summed E-state index contributed by atoms with van der Waals surface area (Å²) in [5.41, 5.74) is 29.3. The van der Waals surface area contributed by atoms with E-state index >= 15 is 0 Å². The van der Waals surface area contributed by atoms with Gasteiger partial charge < -0.3 is 16.5 Å². The zero-order valence-corrected chi connectivity index (χ0v) is 31.9. The average molecular weight is 726 g/mol. The lowest BCUT2D eigenvalue weighted by Gasteiger charge is -2.04. The van der Waals surface area contributed by atoms with Crippen molar-refractivity contribution in [3.63, 3.8) is 0 Å². The number of anilines is 2. The van der Waals surface area contributed by atoms with E-state index in [0.717, 1.165) is 28.0 Å².